The monoisotopic (exact) mass is 259 g/mol. The van der Waals surface area contributed by atoms with E-state index in [4.69, 9.17) is 0 Å². The van der Waals surface area contributed by atoms with Gasteiger partial charge in [-0.15, -0.1) is 0 Å². The molecule has 0 atom stereocenters. The molecule has 1 aromatic carbocycles. The first kappa shape index (κ1) is 14.1. The zero-order chi connectivity index (χ0) is 12.7. The SMILES string of the molecule is CCCNCCCS(=O)(=O)c1cccc(F)c1. The second-order valence-corrected chi connectivity index (χ2v) is 5.99. The molecule has 0 spiro atoms. The Balaban J connectivity index is 2.51. The number of halogens is 1. The number of sulfone groups is 1. The maximum absolute atomic E-state index is 12.9. The Bertz CT molecular complexity index is 446. The normalized spacial score (nSPS) is 11.6. The third-order valence-electron chi connectivity index (χ3n) is 2.35. The third kappa shape index (κ3) is 4.83. The molecule has 5 heteroatoms. The van der Waals surface area contributed by atoms with Gasteiger partial charge in [0.1, 0.15) is 5.82 Å². The lowest BCUT2D eigenvalue weighted by Gasteiger charge is -2.05. The zero-order valence-electron chi connectivity index (χ0n) is 9.95. The van der Waals surface area contributed by atoms with Crippen LogP contribution in [0.3, 0.4) is 0 Å². The summed E-state index contributed by atoms with van der Waals surface area (Å²) in [5.41, 5.74) is 0. The Labute approximate surface area is 102 Å². The summed E-state index contributed by atoms with van der Waals surface area (Å²) in [6, 6.07) is 5.14. The molecule has 0 heterocycles. The average Bonchev–Trinajstić information content (AvgIpc) is 2.29. The standard InChI is InChI=1S/C12H18FNO2S/c1-2-7-14-8-4-9-17(15,16)12-6-3-5-11(13)10-12/h3,5-6,10,14H,2,4,7-9H2,1H3. The molecular weight excluding hydrogens is 241 g/mol. The average molecular weight is 259 g/mol. The zero-order valence-corrected chi connectivity index (χ0v) is 10.8. The van der Waals surface area contributed by atoms with Gasteiger partial charge in [-0.1, -0.05) is 13.0 Å². The lowest BCUT2D eigenvalue weighted by molar-refractivity contribution is 0.584. The van der Waals surface area contributed by atoms with Gasteiger partial charge in [0, 0.05) is 0 Å². The molecule has 0 fully saturated rings. The van der Waals surface area contributed by atoms with E-state index in [2.05, 4.69) is 12.2 Å². The van der Waals surface area contributed by atoms with Gasteiger partial charge in [0.15, 0.2) is 9.84 Å². The van der Waals surface area contributed by atoms with E-state index < -0.39 is 15.7 Å². The van der Waals surface area contributed by atoms with Gasteiger partial charge in [0.05, 0.1) is 10.6 Å². The molecule has 17 heavy (non-hydrogen) atoms. The summed E-state index contributed by atoms with van der Waals surface area (Å²) < 4.78 is 36.6. The van der Waals surface area contributed by atoms with Gasteiger partial charge in [0.2, 0.25) is 0 Å². The summed E-state index contributed by atoms with van der Waals surface area (Å²) in [5, 5.41) is 3.13. The molecule has 0 saturated heterocycles. The molecule has 0 radical (unpaired) electrons. The summed E-state index contributed by atoms with van der Waals surface area (Å²) in [7, 11) is -3.35. The van der Waals surface area contributed by atoms with Crippen LogP contribution in [0.2, 0.25) is 0 Å². The van der Waals surface area contributed by atoms with E-state index in [9.17, 15) is 12.8 Å². The van der Waals surface area contributed by atoms with Crippen LogP contribution in [0, 0.1) is 5.82 Å². The molecule has 0 bridgehead atoms. The van der Waals surface area contributed by atoms with E-state index in [1.165, 1.54) is 18.2 Å². The molecule has 1 aromatic rings. The lowest BCUT2D eigenvalue weighted by Crippen LogP contribution is -2.19. The Kier molecular flexibility index (Phi) is 5.58. The largest absolute Gasteiger partial charge is 0.317 e. The molecule has 0 aromatic heterocycles. The third-order valence-corrected chi connectivity index (χ3v) is 4.15. The first-order valence-corrected chi connectivity index (χ1v) is 7.40. The summed E-state index contributed by atoms with van der Waals surface area (Å²) >= 11 is 0. The fraction of sp³-hybridized carbons (Fsp3) is 0.500. The minimum Gasteiger partial charge on any atom is -0.317 e. The van der Waals surface area contributed by atoms with Gasteiger partial charge in [-0.2, -0.15) is 0 Å². The van der Waals surface area contributed by atoms with Crippen LogP contribution < -0.4 is 5.32 Å². The fourth-order valence-electron chi connectivity index (χ4n) is 1.47. The Morgan fingerprint density at radius 2 is 2.06 bits per heavy atom. The quantitative estimate of drug-likeness (QED) is 0.762. The van der Waals surface area contributed by atoms with Crippen molar-refractivity contribution < 1.29 is 12.8 Å². The summed E-state index contributed by atoms with van der Waals surface area (Å²) in [6.07, 6.45) is 1.56. The second kappa shape index (κ2) is 6.71. The van der Waals surface area contributed by atoms with Gasteiger partial charge in [-0.05, 0) is 44.1 Å². The number of rotatable bonds is 7. The number of nitrogens with one attached hydrogen (secondary N) is 1. The van der Waals surface area contributed by atoms with Crippen molar-refractivity contribution in [2.45, 2.75) is 24.7 Å². The van der Waals surface area contributed by atoms with Crippen LogP contribution in [0.25, 0.3) is 0 Å². The van der Waals surface area contributed by atoms with Crippen molar-refractivity contribution in [1.29, 1.82) is 0 Å². The highest BCUT2D eigenvalue weighted by atomic mass is 32.2. The molecule has 0 aliphatic rings. The molecule has 0 aliphatic heterocycles. The van der Waals surface area contributed by atoms with Crippen LogP contribution in [0.1, 0.15) is 19.8 Å². The smallest absolute Gasteiger partial charge is 0.178 e. The molecule has 1 N–H and O–H groups in total. The van der Waals surface area contributed by atoms with Crippen molar-refractivity contribution in [2.24, 2.45) is 0 Å². The molecule has 0 saturated carbocycles. The van der Waals surface area contributed by atoms with Gasteiger partial charge in [0.25, 0.3) is 0 Å². The fourth-order valence-corrected chi connectivity index (χ4v) is 2.81. The summed E-state index contributed by atoms with van der Waals surface area (Å²) in [4.78, 5) is 0.0630. The molecule has 0 amide bonds. The minimum atomic E-state index is -3.35. The maximum atomic E-state index is 12.9. The molecule has 96 valence electrons. The minimum absolute atomic E-state index is 0.0488. The topological polar surface area (TPSA) is 46.2 Å². The number of benzene rings is 1. The predicted octanol–water partition coefficient (Wildman–Crippen LogP) is 1.99. The van der Waals surface area contributed by atoms with Gasteiger partial charge in [-0.3, -0.25) is 0 Å². The van der Waals surface area contributed by atoms with Gasteiger partial charge >= 0.3 is 0 Å². The second-order valence-electron chi connectivity index (χ2n) is 3.88. The van der Waals surface area contributed by atoms with Crippen molar-refractivity contribution in [2.75, 3.05) is 18.8 Å². The highest BCUT2D eigenvalue weighted by molar-refractivity contribution is 7.91. The van der Waals surface area contributed by atoms with Crippen LogP contribution in [0.15, 0.2) is 29.2 Å². The maximum Gasteiger partial charge on any atom is 0.178 e. The van der Waals surface area contributed by atoms with Crippen molar-refractivity contribution in [1.82, 2.24) is 5.32 Å². The molecule has 0 aliphatic carbocycles. The first-order valence-electron chi connectivity index (χ1n) is 5.75. The lowest BCUT2D eigenvalue weighted by atomic mass is 10.4. The summed E-state index contributed by atoms with van der Waals surface area (Å²) in [5.74, 6) is -0.470. The Morgan fingerprint density at radius 3 is 2.71 bits per heavy atom. The van der Waals surface area contributed by atoms with Crippen LogP contribution >= 0.6 is 0 Å². The van der Waals surface area contributed by atoms with Crippen LogP contribution in [0.4, 0.5) is 4.39 Å². The Morgan fingerprint density at radius 1 is 1.29 bits per heavy atom. The van der Waals surface area contributed by atoms with Crippen LogP contribution in [0.5, 0.6) is 0 Å². The van der Waals surface area contributed by atoms with E-state index >= 15 is 0 Å². The molecular formula is C12H18FNO2S. The highest BCUT2D eigenvalue weighted by Gasteiger charge is 2.14. The van der Waals surface area contributed by atoms with E-state index in [0.29, 0.717) is 13.0 Å². The Hall–Kier alpha value is -0.940. The van der Waals surface area contributed by atoms with E-state index in [-0.39, 0.29) is 10.6 Å². The number of hydrogen-bond donors (Lipinski definition) is 1. The van der Waals surface area contributed by atoms with Gasteiger partial charge in [-0.25, -0.2) is 12.8 Å². The van der Waals surface area contributed by atoms with Crippen molar-refractivity contribution in [3.63, 3.8) is 0 Å². The number of hydrogen-bond acceptors (Lipinski definition) is 3. The predicted molar refractivity (Wildman–Crippen MR) is 66.2 cm³/mol. The van der Waals surface area contributed by atoms with Crippen molar-refractivity contribution >= 4 is 9.84 Å². The van der Waals surface area contributed by atoms with E-state index in [1.54, 1.807) is 0 Å². The van der Waals surface area contributed by atoms with E-state index in [1.807, 2.05) is 0 Å². The molecule has 3 nitrogen and oxygen atoms in total. The van der Waals surface area contributed by atoms with Crippen molar-refractivity contribution in [3.05, 3.63) is 30.1 Å². The summed E-state index contributed by atoms with van der Waals surface area (Å²) in [6.45, 7) is 3.61. The first-order chi connectivity index (χ1) is 8.06. The van der Waals surface area contributed by atoms with Gasteiger partial charge < -0.3 is 5.32 Å². The molecule has 0 unspecified atom stereocenters. The highest BCUT2D eigenvalue weighted by Crippen LogP contribution is 2.13. The molecule has 1 rings (SSSR count). The van der Waals surface area contributed by atoms with Crippen LogP contribution in [-0.2, 0) is 9.84 Å². The van der Waals surface area contributed by atoms with Crippen LogP contribution in [-0.4, -0.2) is 27.3 Å². The van der Waals surface area contributed by atoms with Crippen molar-refractivity contribution in [3.8, 4) is 0 Å². The van der Waals surface area contributed by atoms with E-state index in [0.717, 1.165) is 19.0 Å².